The van der Waals surface area contributed by atoms with Gasteiger partial charge in [-0.25, -0.2) is 8.60 Å². The first kappa shape index (κ1) is 17.1. The highest BCUT2D eigenvalue weighted by molar-refractivity contribution is 7.87. The average Bonchev–Trinajstić information content (AvgIpc) is 2.55. The number of halogens is 3. The number of Topliss-reactive ketones (excluding diaryl/α,β-unsaturated/α-hetero) is 1. The molecule has 0 aliphatic rings. The lowest BCUT2D eigenvalue weighted by Gasteiger charge is -2.13. The second kappa shape index (κ2) is 6.91. The van der Waals surface area contributed by atoms with Gasteiger partial charge in [0.25, 0.3) is 5.78 Å². The van der Waals surface area contributed by atoms with E-state index in [1.165, 1.54) is 36.4 Å². The third kappa shape index (κ3) is 3.96. The van der Waals surface area contributed by atoms with Crippen LogP contribution in [0.25, 0.3) is 6.08 Å². The van der Waals surface area contributed by atoms with Crippen molar-refractivity contribution in [1.82, 2.24) is 0 Å². The number of ketones is 1. The Morgan fingerprint density at radius 3 is 2.17 bits per heavy atom. The molecule has 0 aromatic heterocycles. The second-order valence-electron chi connectivity index (χ2n) is 4.83. The molecule has 2 aromatic carbocycles. The van der Waals surface area contributed by atoms with E-state index in [1.54, 1.807) is 25.1 Å². The summed E-state index contributed by atoms with van der Waals surface area (Å²) < 4.78 is 53.8. The molecule has 0 heterocycles. The van der Waals surface area contributed by atoms with Gasteiger partial charge in [-0.05, 0) is 30.7 Å². The van der Waals surface area contributed by atoms with E-state index >= 15 is 0 Å². The highest BCUT2D eigenvalue weighted by atomic mass is 32.2. The fraction of sp³-hybridized carbons (Fsp3) is 0.118. The quantitative estimate of drug-likeness (QED) is 0.763. The first-order valence-electron chi connectivity index (χ1n) is 6.66. The van der Waals surface area contributed by atoms with E-state index in [0.29, 0.717) is 6.08 Å². The zero-order valence-corrected chi connectivity index (χ0v) is 12.9. The largest absolute Gasteiger partial charge is 0.389 e. The molecular weight excluding hydrogens is 325 g/mol. The van der Waals surface area contributed by atoms with Crippen LogP contribution in [0.3, 0.4) is 0 Å². The van der Waals surface area contributed by atoms with Crippen molar-refractivity contribution < 1.29 is 22.2 Å². The Morgan fingerprint density at radius 1 is 1.04 bits per heavy atom. The summed E-state index contributed by atoms with van der Waals surface area (Å²) in [6.07, 6.45) is 0.697. The summed E-state index contributed by atoms with van der Waals surface area (Å²) in [6.45, 7) is 1.73. The maximum Gasteiger partial charge on any atom is 0.389 e. The summed E-state index contributed by atoms with van der Waals surface area (Å²) in [5.74, 6) is -3.73. The molecule has 2 rings (SSSR count). The number of benzene rings is 2. The molecular formula is C17H13F3O2S. The van der Waals surface area contributed by atoms with Crippen LogP contribution in [0, 0.1) is 6.92 Å². The van der Waals surface area contributed by atoms with Crippen LogP contribution in [0.4, 0.5) is 13.2 Å². The van der Waals surface area contributed by atoms with E-state index < -0.39 is 27.7 Å². The molecule has 0 saturated carbocycles. The minimum Gasteiger partial charge on any atom is -0.284 e. The molecule has 0 saturated heterocycles. The van der Waals surface area contributed by atoms with Gasteiger partial charge in [-0.1, -0.05) is 48.0 Å². The van der Waals surface area contributed by atoms with Crippen LogP contribution >= 0.6 is 0 Å². The summed E-state index contributed by atoms with van der Waals surface area (Å²) >= 11 is 0. The van der Waals surface area contributed by atoms with Gasteiger partial charge in [0.15, 0.2) is 5.83 Å². The van der Waals surface area contributed by atoms with Crippen molar-refractivity contribution in [3.05, 3.63) is 71.6 Å². The average molecular weight is 338 g/mol. The van der Waals surface area contributed by atoms with Crippen molar-refractivity contribution >= 4 is 22.7 Å². The van der Waals surface area contributed by atoms with Gasteiger partial charge in [-0.15, -0.1) is 0 Å². The molecule has 0 N–H and O–H groups in total. The molecule has 0 radical (unpaired) electrons. The Labute approximate surface area is 134 Å². The van der Waals surface area contributed by atoms with Gasteiger partial charge in [0.05, 0.1) is 0 Å². The van der Waals surface area contributed by atoms with Crippen LogP contribution in [-0.4, -0.2) is 15.2 Å². The fourth-order valence-corrected chi connectivity index (χ4v) is 2.74. The molecule has 2 nitrogen and oxygen atoms in total. The summed E-state index contributed by atoms with van der Waals surface area (Å²) in [6, 6.07) is 13.2. The Bertz CT molecular complexity index is 753. The van der Waals surface area contributed by atoms with Gasteiger partial charge >= 0.3 is 5.25 Å². The molecule has 120 valence electrons. The van der Waals surface area contributed by atoms with E-state index in [9.17, 15) is 22.2 Å². The third-order valence-electron chi connectivity index (χ3n) is 3.04. The summed E-state index contributed by atoms with van der Waals surface area (Å²) in [4.78, 5) is 11.4. The number of carbonyl (C=O) groups excluding carboxylic acids is 1. The SMILES string of the molecule is Cc1ccc(S(=O)C(F)(F)C(=O)/C(F)=C/c2ccccc2)cc1. The lowest BCUT2D eigenvalue weighted by atomic mass is 10.2. The molecule has 0 amide bonds. The van der Waals surface area contributed by atoms with Crippen LogP contribution < -0.4 is 0 Å². The van der Waals surface area contributed by atoms with Crippen molar-refractivity contribution in [3.63, 3.8) is 0 Å². The summed E-state index contributed by atoms with van der Waals surface area (Å²) in [7, 11) is -2.97. The number of rotatable bonds is 5. The molecule has 23 heavy (non-hydrogen) atoms. The smallest absolute Gasteiger partial charge is 0.284 e. The number of hydrogen-bond acceptors (Lipinski definition) is 2. The van der Waals surface area contributed by atoms with Crippen molar-refractivity contribution in [2.45, 2.75) is 17.1 Å². The maximum atomic E-state index is 14.0. The normalized spacial score (nSPS) is 13.7. The lowest BCUT2D eigenvalue weighted by molar-refractivity contribution is -0.130. The fourth-order valence-electron chi connectivity index (χ4n) is 1.79. The Balaban J connectivity index is 2.27. The number of carbonyl (C=O) groups is 1. The zero-order chi connectivity index (χ0) is 17.0. The van der Waals surface area contributed by atoms with Crippen molar-refractivity contribution in [3.8, 4) is 0 Å². The Morgan fingerprint density at radius 2 is 1.61 bits per heavy atom. The van der Waals surface area contributed by atoms with E-state index in [4.69, 9.17) is 0 Å². The number of hydrogen-bond donors (Lipinski definition) is 0. The third-order valence-corrected chi connectivity index (χ3v) is 4.39. The van der Waals surface area contributed by atoms with E-state index in [0.717, 1.165) is 5.56 Å². The van der Waals surface area contributed by atoms with Gasteiger partial charge in [0.2, 0.25) is 0 Å². The minimum absolute atomic E-state index is 0.235. The van der Waals surface area contributed by atoms with E-state index in [-0.39, 0.29) is 10.5 Å². The van der Waals surface area contributed by atoms with Gasteiger partial charge < -0.3 is 0 Å². The summed E-state index contributed by atoms with van der Waals surface area (Å²) in [5.41, 5.74) is 1.05. The summed E-state index contributed by atoms with van der Waals surface area (Å²) in [5, 5.41) is -4.34. The molecule has 1 unspecified atom stereocenters. The Hall–Kier alpha value is -2.21. The Kier molecular flexibility index (Phi) is 5.15. The van der Waals surface area contributed by atoms with E-state index in [2.05, 4.69) is 0 Å². The molecule has 0 bridgehead atoms. The molecule has 0 spiro atoms. The topological polar surface area (TPSA) is 34.1 Å². The predicted molar refractivity (Wildman–Crippen MR) is 83.1 cm³/mol. The van der Waals surface area contributed by atoms with Crippen molar-refractivity contribution in [2.75, 3.05) is 0 Å². The second-order valence-corrected chi connectivity index (χ2v) is 6.35. The molecule has 0 fully saturated rings. The molecule has 0 aliphatic carbocycles. The maximum absolute atomic E-state index is 14.0. The molecule has 2 aromatic rings. The number of allylic oxidation sites excluding steroid dienone is 1. The van der Waals surface area contributed by atoms with Gasteiger partial charge in [0, 0.05) is 4.90 Å². The number of aryl methyl sites for hydroxylation is 1. The monoisotopic (exact) mass is 338 g/mol. The predicted octanol–water partition coefficient (Wildman–Crippen LogP) is 4.28. The first-order chi connectivity index (χ1) is 10.8. The van der Waals surface area contributed by atoms with Crippen LogP contribution in [-0.2, 0) is 15.6 Å². The molecule has 1 atom stereocenters. The van der Waals surface area contributed by atoms with Crippen LogP contribution in [0.1, 0.15) is 11.1 Å². The standard InChI is InChI=1S/C17H13F3O2S/c1-12-7-9-14(10-8-12)23(22)17(19,20)16(21)15(18)11-13-5-3-2-4-6-13/h2-11H,1H3/b15-11-. The van der Waals surface area contributed by atoms with Gasteiger partial charge in [-0.2, -0.15) is 8.78 Å². The van der Waals surface area contributed by atoms with Crippen molar-refractivity contribution in [1.29, 1.82) is 0 Å². The van der Waals surface area contributed by atoms with Crippen LogP contribution in [0.15, 0.2) is 65.3 Å². The minimum atomic E-state index is -4.34. The van der Waals surface area contributed by atoms with Crippen LogP contribution in [0.5, 0.6) is 0 Å². The number of alkyl halides is 2. The zero-order valence-electron chi connectivity index (χ0n) is 12.1. The highest BCUT2D eigenvalue weighted by Crippen LogP contribution is 2.30. The van der Waals surface area contributed by atoms with Gasteiger partial charge in [-0.3, -0.25) is 4.79 Å². The van der Waals surface area contributed by atoms with Crippen molar-refractivity contribution in [2.24, 2.45) is 0 Å². The molecule has 6 heteroatoms. The first-order valence-corrected chi connectivity index (χ1v) is 7.81. The van der Waals surface area contributed by atoms with Crippen LogP contribution in [0.2, 0.25) is 0 Å². The molecule has 0 aliphatic heterocycles. The lowest BCUT2D eigenvalue weighted by Crippen LogP contribution is -2.34. The van der Waals surface area contributed by atoms with E-state index in [1.807, 2.05) is 0 Å². The highest BCUT2D eigenvalue weighted by Gasteiger charge is 2.48. The van der Waals surface area contributed by atoms with Gasteiger partial charge in [0.1, 0.15) is 10.8 Å².